The molecule has 0 unspecified atom stereocenters. The van der Waals surface area contributed by atoms with Gasteiger partial charge in [-0.2, -0.15) is 0 Å². The minimum atomic E-state index is 0.154. The number of aliphatic hydroxyl groups is 1. The maximum Gasteiger partial charge on any atom is 0.0465 e. The topological polar surface area (TPSA) is 46.2 Å². The molecule has 2 heteroatoms. The summed E-state index contributed by atoms with van der Waals surface area (Å²) in [5.41, 5.74) is 5.75. The summed E-state index contributed by atoms with van der Waals surface area (Å²) in [6, 6.07) is 0.154. The quantitative estimate of drug-likeness (QED) is 0.591. The summed E-state index contributed by atoms with van der Waals surface area (Å²) in [6.07, 6.45) is 5.64. The molecule has 3 N–H and O–H groups in total. The average Bonchev–Trinajstić information content (AvgIpc) is 1.86. The molecule has 2 nitrogen and oxygen atoms in total. The van der Waals surface area contributed by atoms with E-state index in [2.05, 4.69) is 13.8 Å². The van der Waals surface area contributed by atoms with Crippen LogP contribution in [-0.2, 0) is 0 Å². The highest BCUT2D eigenvalue weighted by molar-refractivity contribution is 4.91. The van der Waals surface area contributed by atoms with E-state index < -0.39 is 0 Å². The fourth-order valence-corrected chi connectivity index (χ4v) is 0.968. The lowest BCUT2D eigenvalue weighted by Gasteiger charge is -2.08. The highest BCUT2D eigenvalue weighted by atomic mass is 16.2. The van der Waals surface area contributed by atoms with E-state index in [4.69, 9.17) is 10.8 Å². The van der Waals surface area contributed by atoms with Gasteiger partial charge in [0.15, 0.2) is 0 Å². The fourth-order valence-electron chi connectivity index (χ4n) is 0.968. The van der Waals surface area contributed by atoms with Crippen molar-refractivity contribution in [2.75, 3.05) is 6.61 Å². The molecular formula is C9H19NO. The molecule has 0 aliphatic heterocycles. The zero-order chi connectivity index (χ0) is 8.69. The molecule has 0 aromatic rings. The second-order valence-electron chi connectivity index (χ2n) is 3.23. The van der Waals surface area contributed by atoms with Crippen LogP contribution in [-0.4, -0.2) is 17.8 Å². The Balaban J connectivity index is 3.42. The first-order valence-corrected chi connectivity index (χ1v) is 4.20. The predicted molar refractivity (Wildman–Crippen MR) is 48.3 cm³/mol. The normalized spacial score (nSPS) is 14.6. The lowest BCUT2D eigenvalue weighted by atomic mass is 10.0. The second kappa shape index (κ2) is 6.38. The van der Waals surface area contributed by atoms with E-state index in [1.54, 1.807) is 0 Å². The Bertz CT molecular complexity index is 110. The lowest BCUT2D eigenvalue weighted by molar-refractivity contribution is 0.302. The van der Waals surface area contributed by atoms with Crippen molar-refractivity contribution in [1.82, 2.24) is 0 Å². The average molecular weight is 157 g/mol. The summed E-state index contributed by atoms with van der Waals surface area (Å²) in [4.78, 5) is 0. The number of rotatable bonds is 5. The Labute approximate surface area is 69.1 Å². The molecule has 0 rings (SSSR count). The zero-order valence-corrected chi connectivity index (χ0v) is 7.46. The molecule has 0 saturated heterocycles. The van der Waals surface area contributed by atoms with Crippen LogP contribution in [0.15, 0.2) is 12.2 Å². The van der Waals surface area contributed by atoms with E-state index in [0.29, 0.717) is 12.3 Å². The van der Waals surface area contributed by atoms with Gasteiger partial charge < -0.3 is 10.8 Å². The molecule has 0 bridgehead atoms. The van der Waals surface area contributed by atoms with Gasteiger partial charge in [0, 0.05) is 12.6 Å². The molecule has 1 atom stereocenters. The van der Waals surface area contributed by atoms with E-state index in [1.807, 2.05) is 12.2 Å². The molecule has 0 amide bonds. The fraction of sp³-hybridized carbons (Fsp3) is 0.778. The summed E-state index contributed by atoms with van der Waals surface area (Å²) in [6.45, 7) is 4.52. The first-order chi connectivity index (χ1) is 5.16. The number of nitrogens with two attached hydrogens (primary N) is 1. The predicted octanol–water partition coefficient (Wildman–Crippen LogP) is 1.30. The van der Waals surface area contributed by atoms with E-state index in [0.717, 1.165) is 6.42 Å². The maximum absolute atomic E-state index is 8.47. The Morgan fingerprint density at radius 3 is 2.55 bits per heavy atom. The van der Waals surface area contributed by atoms with Crippen LogP contribution in [0.1, 0.15) is 26.7 Å². The first kappa shape index (κ1) is 10.7. The van der Waals surface area contributed by atoms with Gasteiger partial charge in [-0.25, -0.2) is 0 Å². The smallest absolute Gasteiger partial charge is 0.0465 e. The van der Waals surface area contributed by atoms with Crippen LogP contribution < -0.4 is 5.73 Å². The minimum absolute atomic E-state index is 0.154. The Kier molecular flexibility index (Phi) is 6.18. The van der Waals surface area contributed by atoms with Crippen molar-refractivity contribution in [3.63, 3.8) is 0 Å². The maximum atomic E-state index is 8.47. The standard InChI is InChI=1S/C9H19NO/c1-8(2)7-9(10)5-3-4-6-11/h3,5,8-9,11H,4,6-7,10H2,1-2H3/b5-3+/t9-/m1/s1. The summed E-state index contributed by atoms with van der Waals surface area (Å²) in [5, 5.41) is 8.47. The van der Waals surface area contributed by atoms with E-state index in [-0.39, 0.29) is 12.6 Å². The molecule has 0 fully saturated rings. The number of hydrogen-bond acceptors (Lipinski definition) is 2. The zero-order valence-electron chi connectivity index (χ0n) is 7.46. The van der Waals surface area contributed by atoms with E-state index >= 15 is 0 Å². The van der Waals surface area contributed by atoms with Gasteiger partial charge in [-0.05, 0) is 18.8 Å². The van der Waals surface area contributed by atoms with Crippen molar-refractivity contribution >= 4 is 0 Å². The summed E-state index contributed by atoms with van der Waals surface area (Å²) in [5.74, 6) is 0.642. The summed E-state index contributed by atoms with van der Waals surface area (Å²) in [7, 11) is 0. The van der Waals surface area contributed by atoms with Gasteiger partial charge in [0.2, 0.25) is 0 Å². The van der Waals surface area contributed by atoms with Crippen LogP contribution in [0.5, 0.6) is 0 Å². The van der Waals surface area contributed by atoms with Crippen LogP contribution in [0.2, 0.25) is 0 Å². The van der Waals surface area contributed by atoms with Gasteiger partial charge in [-0.1, -0.05) is 26.0 Å². The van der Waals surface area contributed by atoms with Crippen molar-refractivity contribution in [1.29, 1.82) is 0 Å². The second-order valence-corrected chi connectivity index (χ2v) is 3.23. The van der Waals surface area contributed by atoms with Gasteiger partial charge in [-0.3, -0.25) is 0 Å². The monoisotopic (exact) mass is 157 g/mol. The van der Waals surface area contributed by atoms with Crippen LogP contribution in [0, 0.1) is 5.92 Å². The third kappa shape index (κ3) is 7.56. The number of aliphatic hydroxyl groups excluding tert-OH is 1. The van der Waals surface area contributed by atoms with Gasteiger partial charge in [0.1, 0.15) is 0 Å². The minimum Gasteiger partial charge on any atom is -0.396 e. The molecule has 0 aliphatic rings. The molecule has 66 valence electrons. The molecular weight excluding hydrogens is 138 g/mol. The van der Waals surface area contributed by atoms with Gasteiger partial charge in [-0.15, -0.1) is 0 Å². The highest BCUT2D eigenvalue weighted by Gasteiger charge is 1.99. The van der Waals surface area contributed by atoms with Crippen molar-refractivity contribution in [2.24, 2.45) is 11.7 Å². The highest BCUT2D eigenvalue weighted by Crippen LogP contribution is 2.03. The molecule has 0 spiro atoms. The van der Waals surface area contributed by atoms with E-state index in [1.165, 1.54) is 0 Å². The molecule has 0 aliphatic carbocycles. The molecule has 0 heterocycles. The molecule has 0 aromatic heterocycles. The van der Waals surface area contributed by atoms with Crippen molar-refractivity contribution in [3.8, 4) is 0 Å². The molecule has 0 radical (unpaired) electrons. The molecule has 0 saturated carbocycles. The van der Waals surface area contributed by atoms with Gasteiger partial charge in [0.05, 0.1) is 0 Å². The first-order valence-electron chi connectivity index (χ1n) is 4.20. The van der Waals surface area contributed by atoms with Gasteiger partial charge in [0.25, 0.3) is 0 Å². The third-order valence-corrected chi connectivity index (χ3v) is 1.42. The van der Waals surface area contributed by atoms with E-state index in [9.17, 15) is 0 Å². The third-order valence-electron chi connectivity index (χ3n) is 1.42. The molecule has 11 heavy (non-hydrogen) atoms. The van der Waals surface area contributed by atoms with Crippen LogP contribution in [0.3, 0.4) is 0 Å². The van der Waals surface area contributed by atoms with Crippen molar-refractivity contribution in [3.05, 3.63) is 12.2 Å². The van der Waals surface area contributed by atoms with Crippen molar-refractivity contribution < 1.29 is 5.11 Å². The Hall–Kier alpha value is -0.340. The molecule has 0 aromatic carbocycles. The SMILES string of the molecule is CC(C)C[C@H](N)/C=C/CCO. The Morgan fingerprint density at radius 2 is 2.09 bits per heavy atom. The Morgan fingerprint density at radius 1 is 1.45 bits per heavy atom. The van der Waals surface area contributed by atoms with Crippen molar-refractivity contribution in [2.45, 2.75) is 32.7 Å². The van der Waals surface area contributed by atoms with Crippen LogP contribution in [0.4, 0.5) is 0 Å². The number of hydrogen-bond donors (Lipinski definition) is 2. The van der Waals surface area contributed by atoms with Gasteiger partial charge >= 0.3 is 0 Å². The summed E-state index contributed by atoms with van der Waals surface area (Å²) >= 11 is 0. The largest absolute Gasteiger partial charge is 0.396 e. The lowest BCUT2D eigenvalue weighted by Crippen LogP contribution is -2.18. The van der Waals surface area contributed by atoms with Crippen LogP contribution >= 0.6 is 0 Å². The van der Waals surface area contributed by atoms with Crippen LogP contribution in [0.25, 0.3) is 0 Å². The summed E-state index contributed by atoms with van der Waals surface area (Å²) < 4.78 is 0.